The van der Waals surface area contributed by atoms with Crippen molar-refractivity contribution in [2.45, 2.75) is 63.9 Å². The van der Waals surface area contributed by atoms with E-state index < -0.39 is 36.4 Å². The maximum absolute atomic E-state index is 12.9. The van der Waals surface area contributed by atoms with Gasteiger partial charge in [-0.1, -0.05) is 104 Å². The Morgan fingerprint density at radius 2 is 1.46 bits per heavy atom. The molecule has 0 saturated heterocycles. The molecule has 9 heteroatoms. The first-order valence-electron chi connectivity index (χ1n) is 13.6. The molecule has 0 saturated carbocycles. The van der Waals surface area contributed by atoms with Crippen molar-refractivity contribution >= 4 is 30.0 Å². The second-order valence-corrected chi connectivity index (χ2v) is 10.7. The minimum absolute atomic E-state index is 0.0211. The van der Waals surface area contributed by atoms with Crippen LogP contribution >= 0.6 is 11.6 Å². The standard InChI is InChI=1S/C32H37ClN3O5/c1-22(2)17-25(20-37)34-31(39)35-28(26-15-9-10-16-27(26)33)19-30(38)29(18-23-11-5-3-6-12-23)36-32(40)41-21-24-13-7-4-8-14-24/h3-16,22,25,28-30,38H,17-19,21H2,1-2H3,(H,36,40)(H2,34,35,39)/t25-,28?,29?,30?/m0/s1. The van der Waals surface area contributed by atoms with E-state index in [0.717, 1.165) is 11.1 Å². The van der Waals surface area contributed by atoms with Crippen LogP contribution in [0.15, 0.2) is 84.9 Å². The number of aliphatic hydroxyl groups excluding tert-OH is 1. The summed E-state index contributed by atoms with van der Waals surface area (Å²) in [5.74, 6) is 0.175. The molecule has 1 radical (unpaired) electrons. The summed E-state index contributed by atoms with van der Waals surface area (Å²) in [6.45, 7) is 3.96. The molecular formula is C32H37ClN3O5. The van der Waals surface area contributed by atoms with Gasteiger partial charge in [-0.2, -0.15) is 0 Å². The van der Waals surface area contributed by atoms with Gasteiger partial charge >= 0.3 is 12.1 Å². The number of halogens is 1. The van der Waals surface area contributed by atoms with Crippen LogP contribution < -0.4 is 16.0 Å². The maximum atomic E-state index is 12.9. The molecule has 0 aliphatic heterocycles. The van der Waals surface area contributed by atoms with Crippen molar-refractivity contribution in [1.82, 2.24) is 16.0 Å². The van der Waals surface area contributed by atoms with Crippen LogP contribution in [0.3, 0.4) is 0 Å². The van der Waals surface area contributed by atoms with Gasteiger partial charge in [-0.3, -0.25) is 4.79 Å². The van der Waals surface area contributed by atoms with Gasteiger partial charge in [0.05, 0.1) is 24.2 Å². The molecule has 4 N–H and O–H groups in total. The number of amides is 3. The lowest BCUT2D eigenvalue weighted by Crippen LogP contribution is -2.48. The highest BCUT2D eigenvalue weighted by Crippen LogP contribution is 2.27. The molecule has 4 atom stereocenters. The van der Waals surface area contributed by atoms with Crippen LogP contribution in [-0.2, 0) is 22.6 Å². The number of hydrogen-bond donors (Lipinski definition) is 4. The largest absolute Gasteiger partial charge is 0.445 e. The molecule has 0 heterocycles. The molecular weight excluding hydrogens is 542 g/mol. The number of ether oxygens (including phenoxy) is 1. The van der Waals surface area contributed by atoms with Crippen molar-refractivity contribution in [1.29, 1.82) is 0 Å². The average molecular weight is 579 g/mol. The van der Waals surface area contributed by atoms with Crippen LogP contribution in [0.2, 0.25) is 5.02 Å². The van der Waals surface area contributed by atoms with E-state index in [1.165, 1.54) is 0 Å². The number of nitrogens with one attached hydrogen (secondary N) is 3. The van der Waals surface area contributed by atoms with Crippen LogP contribution in [0, 0.1) is 5.92 Å². The predicted octanol–water partition coefficient (Wildman–Crippen LogP) is 5.49. The number of alkyl carbamates (subject to hydrolysis) is 1. The zero-order chi connectivity index (χ0) is 29.6. The van der Waals surface area contributed by atoms with Gasteiger partial charge in [0.1, 0.15) is 6.61 Å². The third-order valence-electron chi connectivity index (χ3n) is 6.50. The van der Waals surface area contributed by atoms with E-state index in [0.29, 0.717) is 23.4 Å². The van der Waals surface area contributed by atoms with Crippen molar-refractivity contribution in [2.24, 2.45) is 5.92 Å². The van der Waals surface area contributed by atoms with Crippen molar-refractivity contribution in [3.05, 3.63) is 107 Å². The SMILES string of the molecule is CC(C)C[C@@H]([C]=O)NC(=O)NC(CC(O)C(Cc1ccccc1)NC(=O)OCc1ccccc1)c1ccccc1Cl. The molecule has 217 valence electrons. The lowest BCUT2D eigenvalue weighted by Gasteiger charge is -2.29. The fourth-order valence-corrected chi connectivity index (χ4v) is 4.73. The van der Waals surface area contributed by atoms with Crippen molar-refractivity contribution < 1.29 is 24.2 Å². The number of hydrogen-bond acceptors (Lipinski definition) is 5. The summed E-state index contributed by atoms with van der Waals surface area (Å²) < 4.78 is 5.41. The highest BCUT2D eigenvalue weighted by molar-refractivity contribution is 6.31. The summed E-state index contributed by atoms with van der Waals surface area (Å²) in [6, 6.07) is 22.9. The Bertz CT molecular complexity index is 1240. The average Bonchev–Trinajstić information content (AvgIpc) is 2.96. The van der Waals surface area contributed by atoms with Gasteiger partial charge in [0, 0.05) is 5.02 Å². The molecule has 0 spiro atoms. The van der Waals surface area contributed by atoms with Gasteiger partial charge < -0.3 is 25.8 Å². The van der Waals surface area contributed by atoms with Crippen LogP contribution in [0.5, 0.6) is 0 Å². The molecule has 0 fully saturated rings. The first-order valence-corrected chi connectivity index (χ1v) is 14.0. The monoisotopic (exact) mass is 578 g/mol. The lowest BCUT2D eigenvalue weighted by atomic mass is 9.93. The molecule has 3 aromatic carbocycles. The third kappa shape index (κ3) is 10.9. The number of aliphatic hydroxyl groups is 1. The Morgan fingerprint density at radius 1 is 0.854 bits per heavy atom. The summed E-state index contributed by atoms with van der Waals surface area (Å²) >= 11 is 6.48. The summed E-state index contributed by atoms with van der Waals surface area (Å²) in [7, 11) is 0. The van der Waals surface area contributed by atoms with Gasteiger partial charge in [-0.15, -0.1) is 0 Å². The first kappa shape index (κ1) is 31.6. The number of carbonyl (C=O) groups is 2. The van der Waals surface area contributed by atoms with Crippen LogP contribution in [0.1, 0.15) is 49.4 Å². The Kier molecular flexibility index (Phi) is 12.7. The Labute approximate surface area is 246 Å². The summed E-state index contributed by atoms with van der Waals surface area (Å²) in [6.07, 6.45) is 0.857. The fraction of sp³-hybridized carbons (Fsp3) is 0.344. The zero-order valence-electron chi connectivity index (χ0n) is 23.3. The third-order valence-corrected chi connectivity index (χ3v) is 6.84. The number of carbonyl (C=O) groups excluding carboxylic acids is 3. The zero-order valence-corrected chi connectivity index (χ0v) is 24.0. The Morgan fingerprint density at radius 3 is 2.07 bits per heavy atom. The molecule has 0 aliphatic rings. The van der Waals surface area contributed by atoms with E-state index in [1.54, 1.807) is 24.3 Å². The van der Waals surface area contributed by atoms with Crippen molar-refractivity contribution in [3.8, 4) is 0 Å². The number of rotatable bonds is 14. The Balaban J connectivity index is 1.77. The maximum Gasteiger partial charge on any atom is 0.407 e. The Hall–Kier alpha value is -3.88. The van der Waals surface area contributed by atoms with E-state index in [9.17, 15) is 19.5 Å². The first-order chi connectivity index (χ1) is 19.7. The van der Waals surface area contributed by atoms with Crippen molar-refractivity contribution in [2.75, 3.05) is 0 Å². The smallest absolute Gasteiger partial charge is 0.407 e. The number of urea groups is 1. The minimum Gasteiger partial charge on any atom is -0.445 e. The van der Waals surface area contributed by atoms with E-state index >= 15 is 0 Å². The highest BCUT2D eigenvalue weighted by atomic mass is 35.5. The molecule has 8 nitrogen and oxygen atoms in total. The summed E-state index contributed by atoms with van der Waals surface area (Å²) in [5.41, 5.74) is 2.32. The van der Waals surface area contributed by atoms with Crippen molar-refractivity contribution in [3.63, 3.8) is 0 Å². The molecule has 0 aliphatic carbocycles. The lowest BCUT2D eigenvalue weighted by molar-refractivity contribution is 0.0898. The molecule has 0 bridgehead atoms. The second kappa shape index (κ2) is 16.4. The van der Waals surface area contributed by atoms with Gasteiger partial charge in [0.25, 0.3) is 0 Å². The van der Waals surface area contributed by atoms with E-state index in [4.69, 9.17) is 16.3 Å². The van der Waals surface area contributed by atoms with Gasteiger partial charge in [-0.25, -0.2) is 9.59 Å². The van der Waals surface area contributed by atoms with Gasteiger partial charge in [0.15, 0.2) is 0 Å². The minimum atomic E-state index is -1.11. The molecule has 3 amide bonds. The van der Waals surface area contributed by atoms with Gasteiger partial charge in [-0.05, 0) is 47.9 Å². The molecule has 0 aromatic heterocycles. The van der Waals surface area contributed by atoms with Crippen LogP contribution in [0.4, 0.5) is 9.59 Å². The summed E-state index contributed by atoms with van der Waals surface area (Å²) in [4.78, 5) is 37.1. The molecule has 3 rings (SSSR count). The topological polar surface area (TPSA) is 117 Å². The molecule has 3 unspecified atom stereocenters. The normalized spacial score (nSPS) is 13.9. The quantitative estimate of drug-likeness (QED) is 0.202. The van der Waals surface area contributed by atoms with Crippen LogP contribution in [-0.4, -0.2) is 41.7 Å². The van der Waals surface area contributed by atoms with E-state index in [-0.39, 0.29) is 18.9 Å². The fourth-order valence-electron chi connectivity index (χ4n) is 4.46. The van der Waals surface area contributed by atoms with E-state index in [2.05, 4.69) is 16.0 Å². The predicted molar refractivity (Wildman–Crippen MR) is 159 cm³/mol. The van der Waals surface area contributed by atoms with Gasteiger partial charge in [0.2, 0.25) is 6.29 Å². The summed E-state index contributed by atoms with van der Waals surface area (Å²) in [5, 5.41) is 20.1. The van der Waals surface area contributed by atoms with E-state index in [1.807, 2.05) is 80.8 Å². The molecule has 3 aromatic rings. The van der Waals surface area contributed by atoms with Crippen LogP contribution in [0.25, 0.3) is 0 Å². The molecule has 41 heavy (non-hydrogen) atoms. The second-order valence-electron chi connectivity index (χ2n) is 10.3. The number of benzene rings is 3. The highest BCUT2D eigenvalue weighted by Gasteiger charge is 2.28.